The van der Waals surface area contributed by atoms with Gasteiger partial charge in [0.05, 0.1) is 0 Å². The molecule has 0 fully saturated rings. The van der Waals surface area contributed by atoms with Gasteiger partial charge in [-0.1, -0.05) is 0 Å². The van der Waals surface area contributed by atoms with Gasteiger partial charge in [-0.2, -0.15) is 0 Å². The molecule has 0 aromatic heterocycles. The topological polar surface area (TPSA) is 68.0 Å². The SMILES string of the molecule is O.[Cl-].[Cl-].[NH4+].[Na+]. The van der Waals surface area contributed by atoms with Gasteiger partial charge in [-0.25, -0.2) is 0 Å². The van der Waals surface area contributed by atoms with Crippen LogP contribution >= 0.6 is 0 Å². The molecule has 0 atom stereocenters. The van der Waals surface area contributed by atoms with E-state index in [1.807, 2.05) is 0 Å². The summed E-state index contributed by atoms with van der Waals surface area (Å²) < 4.78 is 0. The number of hydrogen-bond donors (Lipinski definition) is 1. The van der Waals surface area contributed by atoms with Crippen molar-refractivity contribution in [3.8, 4) is 0 Å². The van der Waals surface area contributed by atoms with Crippen molar-refractivity contribution in [1.82, 2.24) is 6.15 Å². The molecule has 2 nitrogen and oxygen atoms in total. The maximum absolute atomic E-state index is 0. The summed E-state index contributed by atoms with van der Waals surface area (Å²) in [5.74, 6) is 0. The average Bonchev–Trinajstić information content (AvgIpc) is 0. The normalized spacial score (nSPS) is 0. The maximum atomic E-state index is 0. The quantitative estimate of drug-likeness (QED) is 0.316. The molecule has 0 aromatic carbocycles. The average molecular weight is 130 g/mol. The van der Waals surface area contributed by atoms with Gasteiger partial charge in [0.25, 0.3) is 0 Å². The van der Waals surface area contributed by atoms with E-state index in [9.17, 15) is 0 Å². The van der Waals surface area contributed by atoms with Crippen molar-refractivity contribution in [3.63, 3.8) is 0 Å². The Morgan fingerprint density at radius 3 is 0.800 bits per heavy atom. The van der Waals surface area contributed by atoms with Crippen LogP contribution in [0.25, 0.3) is 0 Å². The summed E-state index contributed by atoms with van der Waals surface area (Å²) in [6, 6.07) is 0. The summed E-state index contributed by atoms with van der Waals surface area (Å²) >= 11 is 0. The van der Waals surface area contributed by atoms with E-state index in [1.165, 1.54) is 0 Å². The van der Waals surface area contributed by atoms with Crippen LogP contribution in [-0.2, 0) is 0 Å². The zero-order chi connectivity index (χ0) is 0. The molecule has 0 saturated heterocycles. The van der Waals surface area contributed by atoms with Crippen LogP contribution in [-0.4, -0.2) is 5.48 Å². The minimum atomic E-state index is 0. The van der Waals surface area contributed by atoms with Crippen LogP contribution in [0.2, 0.25) is 0 Å². The van der Waals surface area contributed by atoms with Gasteiger partial charge < -0.3 is 36.4 Å². The third kappa shape index (κ3) is 29.9. The van der Waals surface area contributed by atoms with Crippen LogP contribution in [0, 0.1) is 0 Å². The van der Waals surface area contributed by atoms with Gasteiger partial charge in [0, 0.05) is 0 Å². The van der Waals surface area contributed by atoms with Gasteiger partial charge in [0.1, 0.15) is 0 Å². The molecule has 0 radical (unpaired) electrons. The Morgan fingerprint density at radius 1 is 0.800 bits per heavy atom. The van der Waals surface area contributed by atoms with E-state index in [1.54, 1.807) is 0 Å². The van der Waals surface area contributed by atoms with Crippen LogP contribution < -0.4 is 60.5 Å². The first-order valence-electron chi connectivity index (χ1n) is 0. The van der Waals surface area contributed by atoms with Crippen molar-refractivity contribution in [2.75, 3.05) is 0 Å². The largest absolute Gasteiger partial charge is 1.00 e. The van der Waals surface area contributed by atoms with E-state index in [0.29, 0.717) is 0 Å². The van der Waals surface area contributed by atoms with Crippen molar-refractivity contribution in [2.24, 2.45) is 0 Å². The van der Waals surface area contributed by atoms with Crippen LogP contribution in [0.3, 0.4) is 0 Å². The molecule has 0 rings (SSSR count). The number of hydrogen-bond acceptors (Lipinski definition) is 0. The minimum Gasteiger partial charge on any atom is -1.00 e. The Hall–Kier alpha value is 1.50. The molecule has 5 heavy (non-hydrogen) atoms. The van der Waals surface area contributed by atoms with Gasteiger partial charge in [-0.05, 0) is 0 Å². The molecule has 0 heterocycles. The third-order valence-electron chi connectivity index (χ3n) is 0. The second kappa shape index (κ2) is 49.5. The molecular formula is H6Cl2NNaO. The van der Waals surface area contributed by atoms with Crippen molar-refractivity contribution in [3.05, 3.63) is 0 Å². The Kier molecular flexibility index (Phi) is 865. The number of rotatable bonds is 0. The molecule has 0 aliphatic carbocycles. The molecule has 0 aliphatic rings. The fourth-order valence-electron chi connectivity index (χ4n) is 0. The first-order valence-corrected chi connectivity index (χ1v) is 0. The van der Waals surface area contributed by atoms with Gasteiger partial charge in [0.2, 0.25) is 0 Å². The predicted molar refractivity (Wildman–Crippen MR) is 9.60 cm³/mol. The molecule has 32 valence electrons. The summed E-state index contributed by atoms with van der Waals surface area (Å²) in [5, 5.41) is 0. The van der Waals surface area contributed by atoms with Crippen LogP contribution in [0.4, 0.5) is 0 Å². The molecule has 0 saturated carbocycles. The van der Waals surface area contributed by atoms with Crippen molar-refractivity contribution >= 4 is 0 Å². The smallest absolute Gasteiger partial charge is 1.00 e. The number of quaternary nitrogens is 1. The Balaban J connectivity index is 0. The van der Waals surface area contributed by atoms with E-state index in [0.717, 1.165) is 0 Å². The molecule has 0 unspecified atom stereocenters. The van der Waals surface area contributed by atoms with E-state index in [-0.39, 0.29) is 66.0 Å². The Morgan fingerprint density at radius 2 is 0.800 bits per heavy atom. The molecule has 6 N–H and O–H groups in total. The predicted octanol–water partition coefficient (Wildman–Crippen LogP) is -9.44. The van der Waals surface area contributed by atoms with Gasteiger partial charge in [-0.15, -0.1) is 0 Å². The summed E-state index contributed by atoms with van der Waals surface area (Å²) in [6.45, 7) is 0. The summed E-state index contributed by atoms with van der Waals surface area (Å²) in [4.78, 5) is 0. The van der Waals surface area contributed by atoms with E-state index < -0.39 is 0 Å². The Labute approximate surface area is 65.7 Å². The van der Waals surface area contributed by atoms with E-state index in [2.05, 4.69) is 0 Å². The fourth-order valence-corrected chi connectivity index (χ4v) is 0. The van der Waals surface area contributed by atoms with Crippen LogP contribution in [0.15, 0.2) is 0 Å². The maximum Gasteiger partial charge on any atom is 1.00 e. The van der Waals surface area contributed by atoms with Gasteiger partial charge >= 0.3 is 29.6 Å². The van der Waals surface area contributed by atoms with Crippen molar-refractivity contribution in [1.29, 1.82) is 0 Å². The second-order valence-corrected chi connectivity index (χ2v) is 0. The fraction of sp³-hybridized carbons (Fsp3) is 0. The standard InChI is InChI=1S/2ClH.H3N.Na.H2O/h2*1H;1H3;;1H2/q;;;+1;/p-1. The molecule has 0 bridgehead atoms. The van der Waals surface area contributed by atoms with E-state index in [4.69, 9.17) is 0 Å². The zero-order valence-corrected chi connectivity index (χ0v) is 6.77. The first-order chi connectivity index (χ1) is 0. The van der Waals surface area contributed by atoms with E-state index >= 15 is 0 Å². The van der Waals surface area contributed by atoms with Crippen molar-refractivity contribution in [2.45, 2.75) is 0 Å². The summed E-state index contributed by atoms with van der Waals surface area (Å²) in [7, 11) is 0. The van der Waals surface area contributed by atoms with Crippen molar-refractivity contribution < 1.29 is 59.8 Å². The molecule has 0 spiro atoms. The third-order valence-corrected chi connectivity index (χ3v) is 0. The molecule has 0 aliphatic heterocycles. The van der Waals surface area contributed by atoms with Crippen LogP contribution in [0.1, 0.15) is 0 Å². The van der Waals surface area contributed by atoms with Gasteiger partial charge in [-0.3, -0.25) is 0 Å². The first kappa shape index (κ1) is 87.4. The molecule has 5 heteroatoms. The summed E-state index contributed by atoms with van der Waals surface area (Å²) in [5.41, 5.74) is 0. The second-order valence-electron chi connectivity index (χ2n) is 0. The molecule has 0 aromatic rings. The van der Waals surface area contributed by atoms with Gasteiger partial charge in [0.15, 0.2) is 0 Å². The Bertz CT molecular complexity index is 9.61. The van der Waals surface area contributed by atoms with Crippen LogP contribution in [0.5, 0.6) is 0 Å². The molecular weight excluding hydrogens is 124 g/mol. The monoisotopic (exact) mass is 129 g/mol. The minimum absolute atomic E-state index is 0. The molecule has 0 amide bonds. The number of halogens is 2. The zero-order valence-electron chi connectivity index (χ0n) is 3.26. The summed E-state index contributed by atoms with van der Waals surface area (Å²) in [6.07, 6.45) is 0.